The fourth-order valence-electron chi connectivity index (χ4n) is 2.98. The average molecular weight is 358 g/mol. The molecule has 130 valence electrons. The third kappa shape index (κ3) is 3.46. The molecule has 0 saturated carbocycles. The molecular formula is C19H20ClN3O2. The van der Waals surface area contributed by atoms with E-state index in [0.29, 0.717) is 18.1 Å². The molecular weight excluding hydrogens is 338 g/mol. The number of rotatable bonds is 5. The number of likely N-dealkylation sites (N-methyl/N-ethyl adjacent to an activating group) is 1. The molecule has 3 aromatic rings. The van der Waals surface area contributed by atoms with Crippen molar-refractivity contribution in [2.75, 3.05) is 7.05 Å². The van der Waals surface area contributed by atoms with Gasteiger partial charge in [-0.25, -0.2) is 4.79 Å². The predicted octanol–water partition coefficient (Wildman–Crippen LogP) is 3.13. The number of amides is 1. The van der Waals surface area contributed by atoms with Crippen LogP contribution in [-0.4, -0.2) is 27.0 Å². The van der Waals surface area contributed by atoms with Crippen LogP contribution in [0.1, 0.15) is 12.5 Å². The molecule has 0 fully saturated rings. The molecule has 0 aliphatic carbocycles. The standard InChI is InChI=1S/C19H20ClN3O2/c1-3-22-16-9-4-5-10-17(16)23(19(22)25)13-18(24)21(2)12-14-7-6-8-15(20)11-14/h4-11H,3,12-13H2,1-2H3. The molecule has 0 bridgehead atoms. The van der Waals surface area contributed by atoms with Crippen molar-refractivity contribution >= 4 is 28.5 Å². The zero-order valence-electron chi connectivity index (χ0n) is 14.3. The molecule has 1 aromatic heterocycles. The van der Waals surface area contributed by atoms with Crippen molar-refractivity contribution < 1.29 is 4.79 Å². The number of aromatic nitrogens is 2. The number of imidazole rings is 1. The third-order valence-corrected chi connectivity index (χ3v) is 4.50. The molecule has 3 rings (SSSR count). The van der Waals surface area contributed by atoms with Gasteiger partial charge in [-0.15, -0.1) is 0 Å². The minimum absolute atomic E-state index is 0.0173. The van der Waals surface area contributed by atoms with Crippen LogP contribution in [0.3, 0.4) is 0 Å². The minimum atomic E-state index is -0.159. The van der Waals surface area contributed by atoms with Crippen LogP contribution in [0.25, 0.3) is 11.0 Å². The SMILES string of the molecule is CCn1c(=O)n(CC(=O)N(C)Cc2cccc(Cl)c2)c2ccccc21. The van der Waals surface area contributed by atoms with Crippen LogP contribution in [0.15, 0.2) is 53.3 Å². The second-order valence-electron chi connectivity index (χ2n) is 5.98. The van der Waals surface area contributed by atoms with E-state index < -0.39 is 0 Å². The summed E-state index contributed by atoms with van der Waals surface area (Å²) in [5.74, 6) is -0.124. The van der Waals surface area contributed by atoms with E-state index in [0.717, 1.165) is 16.6 Å². The molecule has 5 nitrogen and oxygen atoms in total. The zero-order chi connectivity index (χ0) is 18.0. The van der Waals surface area contributed by atoms with Gasteiger partial charge in [0, 0.05) is 25.2 Å². The maximum absolute atomic E-state index is 12.6. The highest BCUT2D eigenvalue weighted by Gasteiger charge is 2.16. The van der Waals surface area contributed by atoms with E-state index in [9.17, 15) is 9.59 Å². The van der Waals surface area contributed by atoms with Crippen molar-refractivity contribution in [2.45, 2.75) is 26.6 Å². The van der Waals surface area contributed by atoms with Gasteiger partial charge in [0.15, 0.2) is 0 Å². The summed E-state index contributed by atoms with van der Waals surface area (Å²) < 4.78 is 3.22. The number of nitrogens with zero attached hydrogens (tertiary/aromatic N) is 3. The van der Waals surface area contributed by atoms with E-state index in [1.807, 2.05) is 49.4 Å². The molecule has 1 amide bonds. The number of para-hydroxylation sites is 2. The smallest absolute Gasteiger partial charge is 0.329 e. The van der Waals surface area contributed by atoms with Crippen molar-refractivity contribution in [3.63, 3.8) is 0 Å². The first-order chi connectivity index (χ1) is 12.0. The Hall–Kier alpha value is -2.53. The van der Waals surface area contributed by atoms with Gasteiger partial charge in [0.2, 0.25) is 5.91 Å². The van der Waals surface area contributed by atoms with Crippen LogP contribution in [0.2, 0.25) is 5.02 Å². The van der Waals surface area contributed by atoms with E-state index in [1.165, 1.54) is 4.57 Å². The Morgan fingerprint density at radius 2 is 1.76 bits per heavy atom. The number of carbonyl (C=O) groups excluding carboxylic acids is 1. The fraction of sp³-hybridized carbons (Fsp3) is 0.263. The van der Waals surface area contributed by atoms with E-state index >= 15 is 0 Å². The topological polar surface area (TPSA) is 47.2 Å². The second-order valence-corrected chi connectivity index (χ2v) is 6.42. The van der Waals surface area contributed by atoms with Crippen molar-refractivity contribution in [1.82, 2.24) is 14.0 Å². The Morgan fingerprint density at radius 3 is 2.40 bits per heavy atom. The highest BCUT2D eigenvalue weighted by Crippen LogP contribution is 2.14. The summed E-state index contributed by atoms with van der Waals surface area (Å²) in [4.78, 5) is 26.8. The monoisotopic (exact) mass is 357 g/mol. The molecule has 0 unspecified atom stereocenters. The van der Waals surface area contributed by atoms with Crippen molar-refractivity contribution in [3.05, 3.63) is 69.6 Å². The number of hydrogen-bond donors (Lipinski definition) is 0. The summed E-state index contributed by atoms with van der Waals surface area (Å²) in [6.45, 7) is 2.95. The molecule has 0 saturated heterocycles. The molecule has 0 spiro atoms. The molecule has 0 aliphatic heterocycles. The quantitative estimate of drug-likeness (QED) is 0.704. The largest absolute Gasteiger partial charge is 0.340 e. The number of fused-ring (bicyclic) bond motifs is 1. The molecule has 0 aliphatic rings. The number of benzene rings is 2. The van der Waals surface area contributed by atoms with Gasteiger partial charge in [-0.3, -0.25) is 13.9 Å². The Kier molecular flexibility index (Phi) is 4.95. The lowest BCUT2D eigenvalue weighted by Gasteiger charge is -2.17. The second kappa shape index (κ2) is 7.15. The minimum Gasteiger partial charge on any atom is -0.340 e. The molecule has 0 radical (unpaired) electrons. The molecule has 25 heavy (non-hydrogen) atoms. The lowest BCUT2D eigenvalue weighted by molar-refractivity contribution is -0.131. The van der Waals surface area contributed by atoms with Crippen LogP contribution in [0.4, 0.5) is 0 Å². The Balaban J connectivity index is 1.85. The van der Waals surface area contributed by atoms with Crippen LogP contribution in [0.5, 0.6) is 0 Å². The van der Waals surface area contributed by atoms with Gasteiger partial charge in [0.05, 0.1) is 11.0 Å². The fourth-order valence-corrected chi connectivity index (χ4v) is 3.20. The normalized spacial score (nSPS) is 11.0. The Bertz CT molecular complexity index is 974. The Morgan fingerprint density at radius 1 is 1.08 bits per heavy atom. The van der Waals surface area contributed by atoms with E-state index in [4.69, 9.17) is 11.6 Å². The van der Waals surface area contributed by atoms with Crippen molar-refractivity contribution in [1.29, 1.82) is 0 Å². The summed E-state index contributed by atoms with van der Waals surface area (Å²) in [6, 6.07) is 14.9. The average Bonchev–Trinajstić information content (AvgIpc) is 2.86. The predicted molar refractivity (Wildman–Crippen MR) is 99.8 cm³/mol. The van der Waals surface area contributed by atoms with Gasteiger partial charge in [0.25, 0.3) is 0 Å². The van der Waals surface area contributed by atoms with Crippen LogP contribution in [0, 0.1) is 0 Å². The van der Waals surface area contributed by atoms with Crippen LogP contribution >= 0.6 is 11.6 Å². The van der Waals surface area contributed by atoms with Gasteiger partial charge in [0.1, 0.15) is 6.54 Å². The summed E-state index contributed by atoms with van der Waals surface area (Å²) in [5.41, 5.74) is 2.42. The third-order valence-electron chi connectivity index (χ3n) is 4.27. The van der Waals surface area contributed by atoms with E-state index in [2.05, 4.69) is 0 Å². The summed E-state index contributed by atoms with van der Waals surface area (Å²) in [5, 5.41) is 0.639. The summed E-state index contributed by atoms with van der Waals surface area (Å²) >= 11 is 5.99. The number of halogens is 1. The van der Waals surface area contributed by atoms with E-state index in [-0.39, 0.29) is 18.1 Å². The first-order valence-corrected chi connectivity index (χ1v) is 8.55. The maximum atomic E-state index is 12.6. The van der Waals surface area contributed by atoms with Gasteiger partial charge in [-0.1, -0.05) is 35.9 Å². The van der Waals surface area contributed by atoms with Crippen molar-refractivity contribution in [3.8, 4) is 0 Å². The zero-order valence-corrected chi connectivity index (χ0v) is 15.0. The van der Waals surface area contributed by atoms with Crippen LogP contribution < -0.4 is 5.69 Å². The lowest BCUT2D eigenvalue weighted by Crippen LogP contribution is -2.34. The summed E-state index contributed by atoms with van der Waals surface area (Å²) in [6.07, 6.45) is 0. The number of aryl methyl sites for hydroxylation is 1. The highest BCUT2D eigenvalue weighted by molar-refractivity contribution is 6.30. The number of hydrogen-bond acceptors (Lipinski definition) is 2. The first kappa shape index (κ1) is 17.3. The molecule has 1 heterocycles. The molecule has 2 aromatic carbocycles. The lowest BCUT2D eigenvalue weighted by atomic mass is 10.2. The van der Waals surface area contributed by atoms with Gasteiger partial charge >= 0.3 is 5.69 Å². The van der Waals surface area contributed by atoms with E-state index in [1.54, 1.807) is 22.6 Å². The van der Waals surface area contributed by atoms with Crippen LogP contribution in [-0.2, 0) is 24.4 Å². The van der Waals surface area contributed by atoms with Gasteiger partial charge in [-0.05, 0) is 36.8 Å². The molecule has 0 atom stereocenters. The van der Waals surface area contributed by atoms with Crippen molar-refractivity contribution in [2.24, 2.45) is 0 Å². The van der Waals surface area contributed by atoms with Gasteiger partial charge < -0.3 is 4.90 Å². The Labute approximate surface area is 151 Å². The maximum Gasteiger partial charge on any atom is 0.329 e. The first-order valence-electron chi connectivity index (χ1n) is 8.17. The molecule has 0 N–H and O–H groups in total. The highest BCUT2D eigenvalue weighted by atomic mass is 35.5. The van der Waals surface area contributed by atoms with Gasteiger partial charge in [-0.2, -0.15) is 0 Å². The molecule has 6 heteroatoms. The summed E-state index contributed by atoms with van der Waals surface area (Å²) in [7, 11) is 1.73. The number of carbonyl (C=O) groups is 1.